The van der Waals surface area contributed by atoms with Gasteiger partial charge in [0, 0.05) is 32.1 Å². The molecule has 0 spiro atoms. The van der Waals surface area contributed by atoms with Crippen molar-refractivity contribution in [1.29, 1.82) is 0 Å². The standard InChI is InChI=1S/C13H24N2O3S/c1-3-11(4-2)13(16)14-7-9-15(10-8-14)19(17,18)12-5-6-12/h11-12H,3-10H2,1-2H3. The Kier molecular flexibility index (Phi) is 4.50. The summed E-state index contributed by atoms with van der Waals surface area (Å²) < 4.78 is 25.8. The molecule has 0 aromatic carbocycles. The molecule has 2 aliphatic rings. The van der Waals surface area contributed by atoms with Crippen LogP contribution in [0.15, 0.2) is 0 Å². The first kappa shape index (κ1) is 14.8. The minimum absolute atomic E-state index is 0.0894. The van der Waals surface area contributed by atoms with Crippen LogP contribution in [0.5, 0.6) is 0 Å². The highest BCUT2D eigenvalue weighted by Crippen LogP contribution is 2.31. The van der Waals surface area contributed by atoms with E-state index >= 15 is 0 Å². The predicted molar refractivity (Wildman–Crippen MR) is 74.2 cm³/mol. The molecule has 1 aliphatic carbocycles. The molecule has 0 aromatic rings. The average molecular weight is 288 g/mol. The molecule has 0 unspecified atom stereocenters. The Labute approximate surface area is 116 Å². The van der Waals surface area contributed by atoms with E-state index in [1.54, 1.807) is 4.31 Å². The Balaban J connectivity index is 1.90. The van der Waals surface area contributed by atoms with Crippen LogP contribution in [0.3, 0.4) is 0 Å². The van der Waals surface area contributed by atoms with E-state index in [1.165, 1.54) is 0 Å². The zero-order chi connectivity index (χ0) is 14.0. The summed E-state index contributed by atoms with van der Waals surface area (Å²) in [7, 11) is -3.07. The molecule has 2 rings (SSSR count). The van der Waals surface area contributed by atoms with Gasteiger partial charge in [-0.1, -0.05) is 13.8 Å². The van der Waals surface area contributed by atoms with Crippen LogP contribution in [-0.4, -0.2) is 55.0 Å². The third-order valence-electron chi connectivity index (χ3n) is 4.19. The second kappa shape index (κ2) is 5.79. The number of nitrogens with zero attached hydrogens (tertiary/aromatic N) is 2. The maximum Gasteiger partial charge on any atom is 0.225 e. The molecular weight excluding hydrogens is 264 g/mol. The predicted octanol–water partition coefficient (Wildman–Crippen LogP) is 1.06. The van der Waals surface area contributed by atoms with Crippen LogP contribution in [0, 0.1) is 5.92 Å². The lowest BCUT2D eigenvalue weighted by atomic mass is 10.0. The van der Waals surface area contributed by atoms with Crippen LogP contribution >= 0.6 is 0 Å². The van der Waals surface area contributed by atoms with Crippen molar-refractivity contribution in [2.24, 2.45) is 5.92 Å². The molecule has 0 aromatic heterocycles. The van der Waals surface area contributed by atoms with E-state index in [-0.39, 0.29) is 17.1 Å². The number of amides is 1. The normalized spacial score (nSPS) is 21.9. The molecule has 1 aliphatic heterocycles. The smallest absolute Gasteiger partial charge is 0.225 e. The largest absolute Gasteiger partial charge is 0.340 e. The summed E-state index contributed by atoms with van der Waals surface area (Å²) in [6.07, 6.45) is 3.32. The number of piperazine rings is 1. The van der Waals surface area contributed by atoms with Gasteiger partial charge in [-0.05, 0) is 25.7 Å². The van der Waals surface area contributed by atoms with E-state index in [1.807, 2.05) is 18.7 Å². The molecule has 1 amide bonds. The minimum Gasteiger partial charge on any atom is -0.340 e. The fourth-order valence-corrected chi connectivity index (χ4v) is 4.46. The molecule has 1 saturated carbocycles. The second-order valence-electron chi connectivity index (χ2n) is 5.48. The molecule has 19 heavy (non-hydrogen) atoms. The number of rotatable bonds is 5. The number of carbonyl (C=O) groups is 1. The Morgan fingerprint density at radius 3 is 2.05 bits per heavy atom. The summed E-state index contributed by atoms with van der Waals surface area (Å²) in [6.45, 7) is 6.07. The second-order valence-corrected chi connectivity index (χ2v) is 7.70. The van der Waals surface area contributed by atoms with Gasteiger partial charge in [-0.15, -0.1) is 0 Å². The van der Waals surface area contributed by atoms with Crippen LogP contribution in [0.1, 0.15) is 39.5 Å². The van der Waals surface area contributed by atoms with Crippen molar-refractivity contribution in [3.63, 3.8) is 0 Å². The third kappa shape index (κ3) is 3.11. The van der Waals surface area contributed by atoms with Crippen molar-refractivity contribution >= 4 is 15.9 Å². The molecule has 2 fully saturated rings. The Morgan fingerprint density at radius 2 is 1.63 bits per heavy atom. The maximum absolute atomic E-state index is 12.2. The third-order valence-corrected chi connectivity index (χ3v) is 6.59. The molecule has 6 heteroatoms. The Hall–Kier alpha value is -0.620. The molecule has 110 valence electrons. The van der Waals surface area contributed by atoms with Crippen LogP contribution in [-0.2, 0) is 14.8 Å². The van der Waals surface area contributed by atoms with Crippen molar-refractivity contribution in [1.82, 2.24) is 9.21 Å². The Morgan fingerprint density at radius 1 is 1.11 bits per heavy atom. The molecule has 0 atom stereocenters. The van der Waals surface area contributed by atoms with Gasteiger partial charge in [0.05, 0.1) is 5.25 Å². The van der Waals surface area contributed by atoms with Gasteiger partial charge < -0.3 is 4.90 Å². The van der Waals surface area contributed by atoms with Gasteiger partial charge in [-0.25, -0.2) is 8.42 Å². The zero-order valence-electron chi connectivity index (χ0n) is 11.8. The minimum atomic E-state index is -3.07. The highest BCUT2D eigenvalue weighted by atomic mass is 32.2. The lowest BCUT2D eigenvalue weighted by Crippen LogP contribution is -2.52. The summed E-state index contributed by atoms with van der Waals surface area (Å²) in [5, 5.41) is -0.145. The van der Waals surface area contributed by atoms with E-state index in [0.29, 0.717) is 26.2 Å². The van der Waals surface area contributed by atoms with Crippen molar-refractivity contribution in [2.45, 2.75) is 44.8 Å². The zero-order valence-corrected chi connectivity index (χ0v) is 12.7. The van der Waals surface area contributed by atoms with Crippen molar-refractivity contribution in [2.75, 3.05) is 26.2 Å². The number of hydrogen-bond donors (Lipinski definition) is 0. The van der Waals surface area contributed by atoms with Gasteiger partial charge in [0.15, 0.2) is 0 Å². The van der Waals surface area contributed by atoms with Gasteiger partial charge >= 0.3 is 0 Å². The first-order valence-electron chi connectivity index (χ1n) is 7.28. The number of hydrogen-bond acceptors (Lipinski definition) is 3. The quantitative estimate of drug-likeness (QED) is 0.760. The Bertz CT molecular complexity index is 419. The first-order valence-corrected chi connectivity index (χ1v) is 8.78. The van der Waals surface area contributed by atoms with Gasteiger partial charge in [-0.2, -0.15) is 4.31 Å². The van der Waals surface area contributed by atoms with E-state index in [0.717, 1.165) is 25.7 Å². The summed E-state index contributed by atoms with van der Waals surface area (Å²) in [5.74, 6) is 0.278. The average Bonchev–Trinajstić information content (AvgIpc) is 3.25. The summed E-state index contributed by atoms with van der Waals surface area (Å²) in [6, 6.07) is 0. The van der Waals surface area contributed by atoms with Crippen LogP contribution in [0.4, 0.5) is 0 Å². The summed E-state index contributed by atoms with van der Waals surface area (Å²) in [5.41, 5.74) is 0. The molecule has 1 saturated heterocycles. The fraction of sp³-hybridized carbons (Fsp3) is 0.923. The number of sulfonamides is 1. The van der Waals surface area contributed by atoms with E-state index in [9.17, 15) is 13.2 Å². The molecular formula is C13H24N2O3S. The topological polar surface area (TPSA) is 57.7 Å². The fourth-order valence-electron chi connectivity index (χ4n) is 2.64. The molecule has 0 bridgehead atoms. The van der Waals surface area contributed by atoms with E-state index < -0.39 is 10.0 Å². The van der Waals surface area contributed by atoms with Gasteiger partial charge in [0.25, 0.3) is 0 Å². The van der Waals surface area contributed by atoms with Crippen LogP contribution in [0.25, 0.3) is 0 Å². The van der Waals surface area contributed by atoms with E-state index in [4.69, 9.17) is 0 Å². The highest BCUT2D eigenvalue weighted by molar-refractivity contribution is 7.90. The van der Waals surface area contributed by atoms with E-state index in [2.05, 4.69) is 0 Å². The lowest BCUT2D eigenvalue weighted by Gasteiger charge is -2.35. The summed E-state index contributed by atoms with van der Waals surface area (Å²) in [4.78, 5) is 14.1. The van der Waals surface area contributed by atoms with Crippen molar-refractivity contribution < 1.29 is 13.2 Å². The number of carbonyl (C=O) groups excluding carboxylic acids is 1. The van der Waals surface area contributed by atoms with Crippen LogP contribution in [0.2, 0.25) is 0 Å². The first-order chi connectivity index (χ1) is 9.00. The maximum atomic E-state index is 12.2. The summed E-state index contributed by atoms with van der Waals surface area (Å²) >= 11 is 0. The van der Waals surface area contributed by atoms with Crippen molar-refractivity contribution in [3.05, 3.63) is 0 Å². The lowest BCUT2D eigenvalue weighted by molar-refractivity contribution is -0.136. The molecule has 1 heterocycles. The van der Waals surface area contributed by atoms with Gasteiger partial charge in [0.2, 0.25) is 15.9 Å². The monoisotopic (exact) mass is 288 g/mol. The molecule has 5 nitrogen and oxygen atoms in total. The van der Waals surface area contributed by atoms with Crippen LogP contribution < -0.4 is 0 Å². The van der Waals surface area contributed by atoms with Gasteiger partial charge in [-0.3, -0.25) is 4.79 Å². The van der Waals surface area contributed by atoms with Crippen molar-refractivity contribution in [3.8, 4) is 0 Å². The molecule has 0 radical (unpaired) electrons. The highest BCUT2D eigenvalue weighted by Gasteiger charge is 2.41. The SMILES string of the molecule is CCC(CC)C(=O)N1CCN(S(=O)(=O)C2CC2)CC1. The molecule has 0 N–H and O–H groups in total. The van der Waals surface area contributed by atoms with Gasteiger partial charge in [0.1, 0.15) is 0 Å².